The van der Waals surface area contributed by atoms with Crippen LogP contribution >= 0.6 is 0 Å². The number of ether oxygens (including phenoxy) is 9. The van der Waals surface area contributed by atoms with Crippen LogP contribution in [0.4, 0.5) is 0 Å². The fraction of sp³-hybridized carbons (Fsp3) is 0.500. The highest BCUT2D eigenvalue weighted by molar-refractivity contribution is 5.94. The molecule has 15 nitrogen and oxygen atoms in total. The van der Waals surface area contributed by atoms with Crippen LogP contribution < -0.4 is 28.4 Å². The van der Waals surface area contributed by atoms with Crippen molar-refractivity contribution in [3.8, 4) is 34.5 Å². The van der Waals surface area contributed by atoms with Crippen molar-refractivity contribution < 1.29 is 71.4 Å². The van der Waals surface area contributed by atoms with Gasteiger partial charge in [-0.25, -0.2) is 28.8 Å². The van der Waals surface area contributed by atoms with Gasteiger partial charge in [0.2, 0.25) is 0 Å². The highest BCUT2D eigenvalue weighted by Gasteiger charge is 2.20. The van der Waals surface area contributed by atoms with E-state index in [2.05, 4.69) is 33.6 Å². The first kappa shape index (κ1) is 73.7. The molecule has 0 spiro atoms. The second kappa shape index (κ2) is 48.6. The van der Waals surface area contributed by atoms with Crippen molar-refractivity contribution in [3.63, 3.8) is 0 Å². The number of rotatable bonds is 48. The van der Waals surface area contributed by atoms with Gasteiger partial charge in [0.25, 0.3) is 0 Å². The summed E-state index contributed by atoms with van der Waals surface area (Å²) in [7, 11) is 0. The lowest BCUT2D eigenvalue weighted by atomic mass is 10.1. The molecule has 0 saturated heterocycles. The zero-order valence-corrected chi connectivity index (χ0v) is 52.2. The molecule has 0 fully saturated rings. The fourth-order valence-electron chi connectivity index (χ4n) is 8.83. The monoisotopic (exact) mass is 1200 g/mol. The lowest BCUT2D eigenvalue weighted by molar-refractivity contribution is -0.138. The molecular weight excluding hydrogens is 1100 g/mol. The summed E-state index contributed by atoms with van der Waals surface area (Å²) >= 11 is 0. The summed E-state index contributed by atoms with van der Waals surface area (Å²) in [4.78, 5) is 73.8. The molecule has 4 aromatic rings. The van der Waals surface area contributed by atoms with Crippen LogP contribution in [0, 0.1) is 0 Å². The van der Waals surface area contributed by atoms with Crippen molar-refractivity contribution >= 4 is 35.8 Å². The molecule has 0 aliphatic rings. The standard InChI is InChI=1S/C60H72O14.C12H26O/c1-4-55(61)69-43-25-21-17-13-9-7-11-15-19-23-41-67-49-33-27-47(28-34-49)59(65)73-53-40-39-52(72-58(64)46-31-37-51(38-32-46)71-57(63)6-3)45-54(53)74-60(66)48-29-35-50(36-30-48)68-42-24-20-16-12-8-10-14-18-22-26-44-70-56(62)5-2;1-3-5-7-9-11-13-12-10-8-6-4-2/h4-6,27-40,45H,1-3,7-26,41-44H2;3-12H2,1-2H3. The van der Waals surface area contributed by atoms with E-state index in [9.17, 15) is 28.8 Å². The molecule has 0 unspecified atom stereocenters. The average molecular weight is 1200 g/mol. The van der Waals surface area contributed by atoms with Crippen LogP contribution in [0.2, 0.25) is 0 Å². The summed E-state index contributed by atoms with van der Waals surface area (Å²) in [5, 5.41) is 0. The Morgan fingerprint density at radius 3 is 1.00 bits per heavy atom. The first-order chi connectivity index (χ1) is 42.5. The molecule has 0 saturated carbocycles. The predicted octanol–water partition coefficient (Wildman–Crippen LogP) is 17.6. The Hall–Kier alpha value is -7.52. The van der Waals surface area contributed by atoms with Crippen LogP contribution in [0.3, 0.4) is 0 Å². The molecule has 4 rings (SSSR count). The maximum atomic E-state index is 13.5. The second-order valence-electron chi connectivity index (χ2n) is 21.2. The van der Waals surface area contributed by atoms with Gasteiger partial charge >= 0.3 is 35.8 Å². The molecule has 87 heavy (non-hydrogen) atoms. The molecule has 0 aliphatic heterocycles. The lowest BCUT2D eigenvalue weighted by Gasteiger charge is -2.13. The summed E-state index contributed by atoms with van der Waals surface area (Å²) in [5.41, 5.74) is 0.571. The minimum Gasteiger partial charge on any atom is -0.494 e. The van der Waals surface area contributed by atoms with Gasteiger partial charge in [-0.3, -0.25) is 0 Å². The van der Waals surface area contributed by atoms with Crippen LogP contribution in [-0.2, 0) is 28.6 Å². The van der Waals surface area contributed by atoms with Gasteiger partial charge in [0, 0.05) is 37.5 Å². The van der Waals surface area contributed by atoms with Crippen LogP contribution in [0.25, 0.3) is 0 Å². The van der Waals surface area contributed by atoms with E-state index in [1.807, 2.05) is 0 Å². The van der Waals surface area contributed by atoms with Crippen molar-refractivity contribution in [2.45, 2.75) is 194 Å². The first-order valence-corrected chi connectivity index (χ1v) is 31.9. The average Bonchev–Trinajstić information content (AvgIpc) is 3.71. The molecule has 0 heterocycles. The number of hydrogen-bond donors (Lipinski definition) is 0. The summed E-state index contributed by atoms with van der Waals surface area (Å²) in [6.45, 7) is 18.6. The van der Waals surface area contributed by atoms with Gasteiger partial charge in [-0.05, 0) is 123 Å². The molecule has 4 aromatic carbocycles. The molecule has 0 bridgehead atoms. The Morgan fingerprint density at radius 2 is 0.621 bits per heavy atom. The van der Waals surface area contributed by atoms with E-state index >= 15 is 0 Å². The number of carbonyl (C=O) groups excluding carboxylic acids is 6. The highest BCUT2D eigenvalue weighted by atomic mass is 16.6. The molecule has 0 amide bonds. The third kappa shape index (κ3) is 35.6. The van der Waals surface area contributed by atoms with E-state index in [0.29, 0.717) is 37.9 Å². The summed E-state index contributed by atoms with van der Waals surface area (Å²) in [6.07, 6.45) is 35.6. The van der Waals surface area contributed by atoms with Crippen LogP contribution in [-0.4, -0.2) is 75.5 Å². The van der Waals surface area contributed by atoms with Crippen LogP contribution in [0.15, 0.2) is 129 Å². The SMILES string of the molecule is C=CC(=O)OCCCCCCCCCCCCOc1ccc(C(=O)Oc2ccc(OC(=O)c3ccc(OC(=O)C=C)cc3)cc2OC(=O)c2ccc(OCCCCCCCCCCCCOC(=O)C=C)cc2)cc1.CCCCCCOCCCCCC. The molecule has 0 radical (unpaired) electrons. The van der Waals surface area contributed by atoms with Gasteiger partial charge in [-0.2, -0.15) is 0 Å². The Bertz CT molecular complexity index is 2560. The van der Waals surface area contributed by atoms with E-state index < -0.39 is 23.9 Å². The summed E-state index contributed by atoms with van der Waals surface area (Å²) < 4.78 is 49.6. The number of benzene rings is 4. The zero-order valence-electron chi connectivity index (χ0n) is 52.2. The number of carbonyl (C=O) groups is 6. The Kier molecular flexibility index (Phi) is 41.2. The summed E-state index contributed by atoms with van der Waals surface area (Å²) in [6, 6.07) is 22.8. The molecule has 0 N–H and O–H groups in total. The maximum absolute atomic E-state index is 13.5. The largest absolute Gasteiger partial charge is 0.494 e. The first-order valence-electron chi connectivity index (χ1n) is 31.9. The van der Waals surface area contributed by atoms with E-state index in [1.165, 1.54) is 157 Å². The van der Waals surface area contributed by atoms with Crippen molar-refractivity contribution in [2.75, 3.05) is 39.6 Å². The summed E-state index contributed by atoms with van der Waals surface area (Å²) in [5.74, 6) is -2.48. The van der Waals surface area contributed by atoms with Gasteiger partial charge in [-0.15, -0.1) is 0 Å². The third-order valence-electron chi connectivity index (χ3n) is 13.9. The topological polar surface area (TPSA) is 185 Å². The van der Waals surface area contributed by atoms with E-state index in [4.69, 9.17) is 42.6 Å². The normalized spacial score (nSPS) is 10.6. The Labute approximate surface area is 518 Å². The smallest absolute Gasteiger partial charge is 0.343 e. The van der Waals surface area contributed by atoms with E-state index in [0.717, 1.165) is 96.3 Å². The molecule has 0 aromatic heterocycles. The molecular formula is C72H98O15. The molecule has 476 valence electrons. The second-order valence-corrected chi connectivity index (χ2v) is 21.2. The quantitative estimate of drug-likeness (QED) is 0.0176. The maximum Gasteiger partial charge on any atom is 0.343 e. The highest BCUT2D eigenvalue weighted by Crippen LogP contribution is 2.34. The van der Waals surface area contributed by atoms with Crippen molar-refractivity contribution in [3.05, 3.63) is 146 Å². The van der Waals surface area contributed by atoms with Gasteiger partial charge in [-0.1, -0.05) is 175 Å². The van der Waals surface area contributed by atoms with E-state index in [-0.39, 0.29) is 51.6 Å². The van der Waals surface area contributed by atoms with Crippen molar-refractivity contribution in [1.82, 2.24) is 0 Å². The Morgan fingerprint density at radius 1 is 0.310 bits per heavy atom. The number of esters is 6. The third-order valence-corrected chi connectivity index (χ3v) is 13.9. The van der Waals surface area contributed by atoms with E-state index in [1.54, 1.807) is 48.5 Å². The zero-order chi connectivity index (χ0) is 62.8. The molecule has 15 heteroatoms. The van der Waals surface area contributed by atoms with Crippen LogP contribution in [0.5, 0.6) is 34.5 Å². The fourth-order valence-corrected chi connectivity index (χ4v) is 8.83. The number of unbranched alkanes of at least 4 members (excludes halogenated alkanes) is 24. The van der Waals surface area contributed by atoms with Crippen LogP contribution in [0.1, 0.15) is 225 Å². The van der Waals surface area contributed by atoms with Gasteiger partial charge in [0.1, 0.15) is 23.0 Å². The minimum atomic E-state index is -0.758. The molecule has 0 atom stereocenters. The number of hydrogen-bond acceptors (Lipinski definition) is 15. The van der Waals surface area contributed by atoms with Gasteiger partial charge in [0.05, 0.1) is 43.1 Å². The molecule has 0 aliphatic carbocycles. The minimum absolute atomic E-state index is 0.00333. The lowest BCUT2D eigenvalue weighted by Crippen LogP contribution is -2.13. The Balaban J connectivity index is 0.00000135. The van der Waals surface area contributed by atoms with Crippen molar-refractivity contribution in [1.29, 1.82) is 0 Å². The van der Waals surface area contributed by atoms with Crippen molar-refractivity contribution in [2.24, 2.45) is 0 Å². The van der Waals surface area contributed by atoms with Gasteiger partial charge in [0.15, 0.2) is 11.5 Å². The predicted molar refractivity (Wildman–Crippen MR) is 341 cm³/mol. The van der Waals surface area contributed by atoms with Gasteiger partial charge < -0.3 is 42.6 Å².